The van der Waals surface area contributed by atoms with Crippen molar-refractivity contribution in [3.05, 3.63) is 64.7 Å². The van der Waals surface area contributed by atoms with E-state index in [-0.39, 0.29) is 5.91 Å². The van der Waals surface area contributed by atoms with E-state index in [0.717, 1.165) is 12.8 Å². The molecule has 1 aliphatic carbocycles. The minimum absolute atomic E-state index is 0.181. The number of halogens is 1. The normalized spacial score (nSPS) is 15.4. The molecule has 0 bridgehead atoms. The summed E-state index contributed by atoms with van der Waals surface area (Å²) in [5.74, 6) is 0.420. The molecule has 138 valence electrons. The highest BCUT2D eigenvalue weighted by Crippen LogP contribution is 2.32. The first-order chi connectivity index (χ1) is 12.3. The third-order valence-corrected chi connectivity index (χ3v) is 5.13. The maximum absolute atomic E-state index is 12.7. The van der Waals surface area contributed by atoms with E-state index in [1.165, 1.54) is 11.1 Å². The fraction of sp³-hybridized carbons (Fsp3) is 0.381. The quantitative estimate of drug-likeness (QED) is 0.837. The summed E-state index contributed by atoms with van der Waals surface area (Å²) in [6, 6.07) is 15.3. The van der Waals surface area contributed by atoms with Gasteiger partial charge in [-0.1, -0.05) is 35.9 Å². The molecule has 5 heteroatoms. The van der Waals surface area contributed by atoms with Crippen LogP contribution >= 0.6 is 11.6 Å². The molecule has 2 aromatic carbocycles. The van der Waals surface area contributed by atoms with Crippen molar-refractivity contribution in [2.75, 3.05) is 13.7 Å². The maximum Gasteiger partial charge on any atom is 0.263 e. The molecule has 0 fully saturated rings. The van der Waals surface area contributed by atoms with Crippen LogP contribution in [-0.2, 0) is 22.4 Å². The van der Waals surface area contributed by atoms with Crippen LogP contribution in [0.1, 0.15) is 25.0 Å². The predicted molar refractivity (Wildman–Crippen MR) is 103 cm³/mol. The van der Waals surface area contributed by atoms with Gasteiger partial charge in [-0.15, -0.1) is 0 Å². The van der Waals surface area contributed by atoms with Crippen LogP contribution in [0.25, 0.3) is 0 Å². The summed E-state index contributed by atoms with van der Waals surface area (Å²) in [6.07, 6.45) is 1.58. The largest absolute Gasteiger partial charge is 0.478 e. The van der Waals surface area contributed by atoms with E-state index in [9.17, 15) is 4.79 Å². The monoisotopic (exact) mass is 373 g/mol. The zero-order valence-electron chi connectivity index (χ0n) is 15.3. The predicted octanol–water partition coefficient (Wildman–Crippen LogP) is 3.80. The Bertz CT molecular complexity index is 761. The summed E-state index contributed by atoms with van der Waals surface area (Å²) in [7, 11) is 1.70. The van der Waals surface area contributed by atoms with Gasteiger partial charge < -0.3 is 14.8 Å². The van der Waals surface area contributed by atoms with Crippen molar-refractivity contribution in [1.82, 2.24) is 5.32 Å². The lowest BCUT2D eigenvalue weighted by Gasteiger charge is -2.31. The number of carbonyl (C=O) groups is 1. The number of amides is 1. The van der Waals surface area contributed by atoms with Gasteiger partial charge in [0.25, 0.3) is 5.91 Å². The highest BCUT2D eigenvalue weighted by molar-refractivity contribution is 6.30. The Hall–Kier alpha value is -2.04. The molecule has 1 amide bonds. The molecule has 1 aliphatic rings. The van der Waals surface area contributed by atoms with Gasteiger partial charge in [-0.2, -0.15) is 0 Å². The number of ether oxygens (including phenoxy) is 2. The topological polar surface area (TPSA) is 47.6 Å². The van der Waals surface area contributed by atoms with Gasteiger partial charge in [0.05, 0.1) is 5.60 Å². The minimum Gasteiger partial charge on any atom is -0.478 e. The van der Waals surface area contributed by atoms with Crippen molar-refractivity contribution in [2.24, 2.45) is 0 Å². The van der Waals surface area contributed by atoms with E-state index in [4.69, 9.17) is 21.1 Å². The molecule has 0 saturated heterocycles. The van der Waals surface area contributed by atoms with Crippen molar-refractivity contribution in [3.63, 3.8) is 0 Å². The third kappa shape index (κ3) is 4.02. The van der Waals surface area contributed by atoms with Gasteiger partial charge in [-0.3, -0.25) is 4.79 Å². The molecule has 26 heavy (non-hydrogen) atoms. The van der Waals surface area contributed by atoms with Gasteiger partial charge in [-0.25, -0.2) is 0 Å². The van der Waals surface area contributed by atoms with Crippen molar-refractivity contribution >= 4 is 17.5 Å². The molecule has 1 N–H and O–H groups in total. The van der Waals surface area contributed by atoms with E-state index >= 15 is 0 Å². The van der Waals surface area contributed by atoms with Gasteiger partial charge in [0.2, 0.25) is 0 Å². The number of carbonyl (C=O) groups excluding carboxylic acids is 1. The molecule has 4 nitrogen and oxygen atoms in total. The van der Waals surface area contributed by atoms with Gasteiger partial charge in [0.1, 0.15) is 5.75 Å². The van der Waals surface area contributed by atoms with Crippen LogP contribution in [0.3, 0.4) is 0 Å². The summed E-state index contributed by atoms with van der Waals surface area (Å²) in [5, 5.41) is 3.64. The van der Waals surface area contributed by atoms with Crippen molar-refractivity contribution in [1.29, 1.82) is 0 Å². The summed E-state index contributed by atoms with van der Waals surface area (Å²) in [6.45, 7) is 3.93. The van der Waals surface area contributed by atoms with Crippen LogP contribution in [0.2, 0.25) is 5.02 Å². The molecule has 0 unspecified atom stereocenters. The number of nitrogens with one attached hydrogen (secondary N) is 1. The smallest absolute Gasteiger partial charge is 0.263 e. The number of hydrogen-bond acceptors (Lipinski definition) is 3. The lowest BCUT2D eigenvalue weighted by Crippen LogP contribution is -2.52. The Balaban J connectivity index is 1.63. The van der Waals surface area contributed by atoms with E-state index in [0.29, 0.717) is 17.3 Å². The van der Waals surface area contributed by atoms with Crippen LogP contribution in [0.4, 0.5) is 0 Å². The fourth-order valence-corrected chi connectivity index (χ4v) is 3.42. The highest BCUT2D eigenvalue weighted by Gasteiger charge is 2.39. The first-order valence-electron chi connectivity index (χ1n) is 8.68. The lowest BCUT2D eigenvalue weighted by molar-refractivity contribution is -0.135. The first-order valence-corrected chi connectivity index (χ1v) is 9.06. The van der Waals surface area contributed by atoms with E-state index in [2.05, 4.69) is 17.4 Å². The molecule has 0 aromatic heterocycles. The Labute approximate surface area is 159 Å². The maximum atomic E-state index is 12.7. The average molecular weight is 374 g/mol. The number of fused-ring (bicyclic) bond motifs is 1. The Kier molecular flexibility index (Phi) is 5.26. The molecule has 0 saturated carbocycles. The SMILES string of the molecule is COC1(CNC(=O)C(C)(C)Oc2ccc(Cl)cc2)Cc2ccccc2C1. The van der Waals surface area contributed by atoms with Crippen molar-refractivity contribution in [2.45, 2.75) is 37.9 Å². The molecule has 2 aromatic rings. The summed E-state index contributed by atoms with van der Waals surface area (Å²) >= 11 is 5.89. The van der Waals surface area contributed by atoms with Crippen LogP contribution in [0.15, 0.2) is 48.5 Å². The zero-order chi connectivity index (χ0) is 18.8. The molecule has 0 atom stereocenters. The number of rotatable bonds is 6. The zero-order valence-corrected chi connectivity index (χ0v) is 16.1. The van der Waals surface area contributed by atoms with Crippen LogP contribution in [0.5, 0.6) is 5.75 Å². The molecular weight excluding hydrogens is 350 g/mol. The molecule has 0 radical (unpaired) electrons. The minimum atomic E-state index is -1.01. The van der Waals surface area contributed by atoms with E-state index in [1.54, 1.807) is 45.2 Å². The van der Waals surface area contributed by atoms with Crippen molar-refractivity contribution < 1.29 is 14.3 Å². The van der Waals surface area contributed by atoms with E-state index in [1.807, 2.05) is 12.1 Å². The highest BCUT2D eigenvalue weighted by atomic mass is 35.5. The standard InChI is InChI=1S/C21H24ClNO3/c1-20(2,26-18-10-8-17(22)9-11-18)19(24)23-14-21(25-3)12-15-6-4-5-7-16(15)13-21/h4-11H,12-14H2,1-3H3,(H,23,24). The lowest BCUT2D eigenvalue weighted by atomic mass is 9.99. The Morgan fingerprint density at radius 2 is 1.69 bits per heavy atom. The summed E-state index contributed by atoms with van der Waals surface area (Å²) in [5.41, 5.74) is 1.14. The number of benzene rings is 2. The molecule has 0 aliphatic heterocycles. The van der Waals surface area contributed by atoms with Gasteiger partial charge >= 0.3 is 0 Å². The van der Waals surface area contributed by atoms with E-state index < -0.39 is 11.2 Å². The Morgan fingerprint density at radius 3 is 2.23 bits per heavy atom. The number of hydrogen-bond donors (Lipinski definition) is 1. The van der Waals surface area contributed by atoms with Gasteiger partial charge in [-0.05, 0) is 49.2 Å². The Morgan fingerprint density at radius 1 is 1.12 bits per heavy atom. The van der Waals surface area contributed by atoms with Gasteiger partial charge in [0, 0.05) is 31.5 Å². The van der Waals surface area contributed by atoms with Crippen LogP contribution in [0, 0.1) is 0 Å². The van der Waals surface area contributed by atoms with Gasteiger partial charge in [0.15, 0.2) is 5.60 Å². The third-order valence-electron chi connectivity index (χ3n) is 4.88. The molecular formula is C21H24ClNO3. The van der Waals surface area contributed by atoms with Crippen molar-refractivity contribution in [3.8, 4) is 5.75 Å². The number of methoxy groups -OCH3 is 1. The van der Waals surface area contributed by atoms with Crippen LogP contribution < -0.4 is 10.1 Å². The summed E-state index contributed by atoms with van der Waals surface area (Å²) < 4.78 is 11.7. The second kappa shape index (κ2) is 7.29. The second-order valence-corrected chi connectivity index (χ2v) is 7.69. The molecule has 3 rings (SSSR count). The second-order valence-electron chi connectivity index (χ2n) is 7.26. The average Bonchev–Trinajstić information content (AvgIpc) is 3.00. The first kappa shape index (κ1) is 18.7. The molecule has 0 heterocycles. The molecule has 0 spiro atoms. The van der Waals surface area contributed by atoms with Crippen LogP contribution in [-0.4, -0.2) is 30.8 Å². The fourth-order valence-electron chi connectivity index (χ4n) is 3.30. The summed E-state index contributed by atoms with van der Waals surface area (Å²) in [4.78, 5) is 12.7.